The van der Waals surface area contributed by atoms with Gasteiger partial charge < -0.3 is 10.6 Å². The van der Waals surface area contributed by atoms with Gasteiger partial charge in [0.25, 0.3) is 0 Å². The Balaban J connectivity index is 1.83. The van der Waals surface area contributed by atoms with Gasteiger partial charge in [-0.2, -0.15) is 0 Å². The smallest absolute Gasteiger partial charge is 0.238 e. The fourth-order valence-electron chi connectivity index (χ4n) is 5.01. The summed E-state index contributed by atoms with van der Waals surface area (Å²) in [5, 5.41) is 6.89. The molecule has 0 unspecified atom stereocenters. The fourth-order valence-corrected chi connectivity index (χ4v) is 5.85. The van der Waals surface area contributed by atoms with Crippen molar-refractivity contribution in [1.82, 2.24) is 5.32 Å². The van der Waals surface area contributed by atoms with Crippen molar-refractivity contribution in [1.29, 1.82) is 0 Å². The van der Waals surface area contributed by atoms with E-state index in [9.17, 15) is 14.0 Å². The molecule has 4 nitrogen and oxygen atoms in total. The Labute approximate surface area is 202 Å². The molecule has 2 N–H and O–H groups in total. The average molecular weight is 534 g/mol. The maximum Gasteiger partial charge on any atom is 0.238 e. The minimum atomic E-state index is -1.24. The van der Waals surface area contributed by atoms with Crippen LogP contribution in [0.1, 0.15) is 35.1 Å². The fraction of sp³-hybridized carbons (Fsp3) is 0.167. The van der Waals surface area contributed by atoms with E-state index >= 15 is 0 Å². The zero-order chi connectivity index (χ0) is 22.6. The minimum absolute atomic E-state index is 0.0687. The van der Waals surface area contributed by atoms with Gasteiger partial charge >= 0.3 is 0 Å². The molecular formula is C24H16BrCl2FN2O2. The molecule has 0 saturated carbocycles. The van der Waals surface area contributed by atoms with E-state index in [0.717, 1.165) is 5.56 Å². The Hall–Kier alpha value is -2.41. The van der Waals surface area contributed by atoms with Crippen LogP contribution in [0.15, 0.2) is 65.1 Å². The molecule has 1 spiro atoms. The number of hydrogen-bond acceptors (Lipinski definition) is 2. The van der Waals surface area contributed by atoms with E-state index in [-0.39, 0.29) is 18.2 Å². The second-order valence-corrected chi connectivity index (χ2v) is 9.72. The van der Waals surface area contributed by atoms with Crippen LogP contribution in [-0.4, -0.2) is 11.8 Å². The molecule has 8 heteroatoms. The summed E-state index contributed by atoms with van der Waals surface area (Å²) in [6, 6.07) is 15.8. The summed E-state index contributed by atoms with van der Waals surface area (Å²) in [6.45, 7) is 0. The van der Waals surface area contributed by atoms with Crippen molar-refractivity contribution in [2.45, 2.75) is 23.8 Å². The number of nitrogens with one attached hydrogen (secondary N) is 2. The van der Waals surface area contributed by atoms with Gasteiger partial charge in [0.15, 0.2) is 0 Å². The normalized spacial score (nSPS) is 24.2. The zero-order valence-corrected chi connectivity index (χ0v) is 19.6. The molecule has 32 heavy (non-hydrogen) atoms. The average Bonchev–Trinajstić information content (AvgIpc) is 3.02. The van der Waals surface area contributed by atoms with Gasteiger partial charge in [-0.25, -0.2) is 4.39 Å². The molecule has 5 rings (SSSR count). The lowest BCUT2D eigenvalue weighted by Gasteiger charge is -2.46. The predicted octanol–water partition coefficient (Wildman–Crippen LogP) is 6.13. The van der Waals surface area contributed by atoms with Crippen molar-refractivity contribution in [3.8, 4) is 0 Å². The Morgan fingerprint density at radius 2 is 1.78 bits per heavy atom. The van der Waals surface area contributed by atoms with E-state index in [1.165, 1.54) is 12.1 Å². The topological polar surface area (TPSA) is 58.2 Å². The van der Waals surface area contributed by atoms with E-state index in [4.69, 9.17) is 23.2 Å². The number of amides is 2. The molecule has 2 amide bonds. The summed E-state index contributed by atoms with van der Waals surface area (Å²) in [6.07, 6.45) is 0.0687. The van der Waals surface area contributed by atoms with Crippen LogP contribution >= 0.6 is 39.1 Å². The molecule has 0 radical (unpaired) electrons. The summed E-state index contributed by atoms with van der Waals surface area (Å²) in [4.78, 5) is 26.7. The Morgan fingerprint density at radius 3 is 2.56 bits per heavy atom. The summed E-state index contributed by atoms with van der Waals surface area (Å²) in [7, 11) is 0. The molecule has 3 aromatic carbocycles. The maximum atomic E-state index is 14.3. The number of carbonyl (C=O) groups is 2. The molecule has 0 bridgehead atoms. The third-order valence-corrected chi connectivity index (χ3v) is 7.46. The molecule has 0 aliphatic carbocycles. The van der Waals surface area contributed by atoms with Crippen molar-refractivity contribution in [3.05, 3.63) is 97.7 Å². The third-order valence-electron chi connectivity index (χ3n) is 6.27. The standard InChI is InChI=1S/C24H16BrCl2FN2O2/c25-19-7-5-15(28)10-16(19)22-24(17-6-4-14(27)9-20(17)29-23(24)32)18(11-21(31)30-22)12-2-1-3-13(26)8-12/h1-10,18,22H,11H2,(H,29,32)(H,30,31)/t18-,22+,24-/m0/s1. The van der Waals surface area contributed by atoms with Gasteiger partial charge in [-0.3, -0.25) is 9.59 Å². The van der Waals surface area contributed by atoms with Gasteiger partial charge in [-0.15, -0.1) is 0 Å². The summed E-state index contributed by atoms with van der Waals surface area (Å²) >= 11 is 16.0. The molecule has 2 aliphatic rings. The second-order valence-electron chi connectivity index (χ2n) is 7.99. The first kappa shape index (κ1) is 21.4. The Bertz CT molecular complexity index is 1280. The highest BCUT2D eigenvalue weighted by atomic mass is 79.9. The SMILES string of the molecule is O=C1C[C@@H](c2cccc(Cl)c2)[C@]2(C(=O)Nc3cc(Cl)ccc32)[C@@H](c2cc(F)ccc2Br)N1. The van der Waals surface area contributed by atoms with Crippen LogP contribution < -0.4 is 10.6 Å². The Morgan fingerprint density at radius 1 is 1.00 bits per heavy atom. The number of rotatable bonds is 2. The minimum Gasteiger partial charge on any atom is -0.348 e. The van der Waals surface area contributed by atoms with E-state index in [0.29, 0.717) is 31.3 Å². The number of piperidine rings is 1. The number of carbonyl (C=O) groups excluding carboxylic acids is 2. The van der Waals surface area contributed by atoms with Gasteiger partial charge in [0, 0.05) is 32.5 Å². The molecule has 1 fully saturated rings. The summed E-state index contributed by atoms with van der Waals surface area (Å²) in [5.74, 6) is -1.54. The van der Waals surface area contributed by atoms with Crippen molar-refractivity contribution in [3.63, 3.8) is 0 Å². The monoisotopic (exact) mass is 532 g/mol. The number of benzene rings is 3. The first-order valence-electron chi connectivity index (χ1n) is 9.92. The van der Waals surface area contributed by atoms with Gasteiger partial charge in [0.1, 0.15) is 11.2 Å². The molecule has 3 aromatic rings. The van der Waals surface area contributed by atoms with Crippen LogP contribution in [0, 0.1) is 5.82 Å². The van der Waals surface area contributed by atoms with E-state index < -0.39 is 23.2 Å². The molecule has 3 atom stereocenters. The largest absolute Gasteiger partial charge is 0.348 e. The first-order chi connectivity index (χ1) is 15.3. The summed E-state index contributed by atoms with van der Waals surface area (Å²) < 4.78 is 14.9. The number of fused-ring (bicyclic) bond motifs is 2. The van der Waals surface area contributed by atoms with E-state index in [2.05, 4.69) is 26.6 Å². The molecule has 2 heterocycles. The van der Waals surface area contributed by atoms with Crippen molar-refractivity contribution in [2.24, 2.45) is 0 Å². The lowest BCUT2D eigenvalue weighted by Crippen LogP contribution is -2.57. The van der Waals surface area contributed by atoms with Crippen molar-refractivity contribution < 1.29 is 14.0 Å². The van der Waals surface area contributed by atoms with Crippen LogP contribution in [-0.2, 0) is 15.0 Å². The first-order valence-corrected chi connectivity index (χ1v) is 11.5. The predicted molar refractivity (Wildman–Crippen MR) is 126 cm³/mol. The van der Waals surface area contributed by atoms with Gasteiger partial charge in [-0.1, -0.05) is 57.3 Å². The lowest BCUT2D eigenvalue weighted by molar-refractivity contribution is -0.131. The van der Waals surface area contributed by atoms with Crippen LogP contribution in [0.2, 0.25) is 10.0 Å². The molecule has 1 saturated heterocycles. The number of anilines is 1. The van der Waals surface area contributed by atoms with Gasteiger partial charge in [0.2, 0.25) is 11.8 Å². The van der Waals surface area contributed by atoms with Crippen LogP contribution in [0.25, 0.3) is 0 Å². The Kier molecular flexibility index (Phi) is 5.27. The van der Waals surface area contributed by atoms with Crippen molar-refractivity contribution >= 4 is 56.6 Å². The molecule has 0 aromatic heterocycles. The van der Waals surface area contributed by atoms with Gasteiger partial charge in [0.05, 0.1) is 6.04 Å². The van der Waals surface area contributed by atoms with Crippen molar-refractivity contribution in [2.75, 3.05) is 5.32 Å². The van der Waals surface area contributed by atoms with E-state index in [1.807, 2.05) is 6.07 Å². The second kappa shape index (κ2) is 7.87. The van der Waals surface area contributed by atoms with Crippen LogP contribution in [0.4, 0.5) is 10.1 Å². The summed E-state index contributed by atoms with van der Waals surface area (Å²) in [5.41, 5.74) is 1.25. The lowest BCUT2D eigenvalue weighted by atomic mass is 9.59. The van der Waals surface area contributed by atoms with E-state index in [1.54, 1.807) is 42.5 Å². The maximum absolute atomic E-state index is 14.3. The van der Waals surface area contributed by atoms with Gasteiger partial charge in [-0.05, 0) is 59.2 Å². The van der Waals surface area contributed by atoms with Crippen LogP contribution in [0.3, 0.4) is 0 Å². The highest BCUT2D eigenvalue weighted by Crippen LogP contribution is 2.58. The number of hydrogen-bond donors (Lipinski definition) is 2. The molecular weight excluding hydrogens is 518 g/mol. The molecule has 2 aliphatic heterocycles. The molecule has 162 valence electrons. The highest BCUT2D eigenvalue weighted by Gasteiger charge is 2.61. The quantitative estimate of drug-likeness (QED) is 0.416. The highest BCUT2D eigenvalue weighted by molar-refractivity contribution is 9.10. The number of halogens is 4. The van der Waals surface area contributed by atoms with Crippen LogP contribution in [0.5, 0.6) is 0 Å². The third kappa shape index (κ3) is 3.24. The zero-order valence-electron chi connectivity index (χ0n) is 16.5.